The monoisotopic (exact) mass is 483 g/mol. The van der Waals surface area contributed by atoms with Crippen LogP contribution in [-0.4, -0.2) is 41.3 Å². The van der Waals surface area contributed by atoms with Crippen LogP contribution in [0.2, 0.25) is 39.3 Å². The minimum Gasteiger partial charge on any atom is -0.415 e. The molecule has 0 rings (SSSR count). The van der Waals surface area contributed by atoms with Crippen LogP contribution in [0.3, 0.4) is 0 Å². The van der Waals surface area contributed by atoms with Crippen molar-refractivity contribution < 1.29 is 13.6 Å². The molecule has 0 spiro atoms. The van der Waals surface area contributed by atoms with Crippen molar-refractivity contribution >= 4 is 22.5 Å². The van der Waals surface area contributed by atoms with Crippen LogP contribution < -0.4 is 5.32 Å². The first-order chi connectivity index (χ1) is 14.9. The lowest BCUT2D eigenvalue weighted by Gasteiger charge is -2.32. The van der Waals surface area contributed by atoms with E-state index in [-0.39, 0.29) is 18.1 Å². The van der Waals surface area contributed by atoms with Gasteiger partial charge in [0.2, 0.25) is 5.91 Å². The van der Waals surface area contributed by atoms with E-state index in [4.69, 9.17) is 8.85 Å². The summed E-state index contributed by atoms with van der Waals surface area (Å²) in [5, 5.41) is 3.06. The molecule has 188 valence electrons. The number of carbonyl (C=O) groups excluding carboxylic acids is 1. The molecule has 0 aromatic carbocycles. The highest BCUT2D eigenvalue weighted by Crippen LogP contribution is 2.15. The summed E-state index contributed by atoms with van der Waals surface area (Å²) in [5.74, 6) is -0.0416. The van der Waals surface area contributed by atoms with Gasteiger partial charge in [-0.2, -0.15) is 0 Å². The van der Waals surface area contributed by atoms with Gasteiger partial charge >= 0.3 is 0 Å². The second-order valence-corrected chi connectivity index (χ2v) is 19.8. The molecule has 32 heavy (non-hydrogen) atoms. The first-order valence-electron chi connectivity index (χ1n) is 12.8. The molecule has 0 aliphatic heterocycles. The molecule has 4 nitrogen and oxygen atoms in total. The molecule has 0 aromatic heterocycles. The molecule has 1 N–H and O–H groups in total. The number of nitrogens with one attached hydrogen (secondary N) is 1. The third kappa shape index (κ3) is 21.2. The minimum absolute atomic E-state index is 0.0416. The summed E-state index contributed by atoms with van der Waals surface area (Å²) in [5.41, 5.74) is 0. The zero-order chi connectivity index (χ0) is 24.5. The summed E-state index contributed by atoms with van der Waals surface area (Å²) in [7, 11) is -3.45. The van der Waals surface area contributed by atoms with Crippen molar-refractivity contribution in [2.45, 2.75) is 129 Å². The van der Waals surface area contributed by atoms with Gasteiger partial charge < -0.3 is 14.2 Å². The quantitative estimate of drug-likeness (QED) is 0.117. The summed E-state index contributed by atoms with van der Waals surface area (Å²) in [6.45, 7) is 17.4. The summed E-state index contributed by atoms with van der Waals surface area (Å²) in [6, 6.07) is -0.157. The molecule has 0 aliphatic carbocycles. The highest BCUT2D eigenvalue weighted by Gasteiger charge is 2.28. The summed E-state index contributed by atoms with van der Waals surface area (Å²) in [6.07, 6.45) is 21.6. The smallest absolute Gasteiger partial charge is 0.217 e. The Bertz CT molecular complexity index is 536. The van der Waals surface area contributed by atoms with Crippen LogP contribution in [0.1, 0.15) is 78.1 Å². The van der Waals surface area contributed by atoms with Crippen LogP contribution in [0.5, 0.6) is 0 Å². The topological polar surface area (TPSA) is 47.6 Å². The predicted molar refractivity (Wildman–Crippen MR) is 145 cm³/mol. The maximum absolute atomic E-state index is 11.8. The van der Waals surface area contributed by atoms with Crippen LogP contribution in [-0.2, 0) is 13.6 Å². The van der Waals surface area contributed by atoms with Gasteiger partial charge in [-0.3, -0.25) is 4.79 Å². The molecule has 0 aromatic rings. The third-order valence-corrected chi connectivity index (χ3v) is 6.95. The van der Waals surface area contributed by atoms with Crippen molar-refractivity contribution in [3.8, 4) is 0 Å². The van der Waals surface area contributed by atoms with Gasteiger partial charge in [0.05, 0.1) is 18.8 Å². The largest absolute Gasteiger partial charge is 0.415 e. The summed E-state index contributed by atoms with van der Waals surface area (Å²) < 4.78 is 12.5. The first-order valence-corrected chi connectivity index (χ1v) is 19.7. The van der Waals surface area contributed by atoms with Gasteiger partial charge in [0.1, 0.15) is 0 Å². The van der Waals surface area contributed by atoms with Crippen LogP contribution in [0.4, 0.5) is 0 Å². The van der Waals surface area contributed by atoms with E-state index in [2.05, 4.69) is 75.8 Å². The average Bonchev–Trinajstić information content (AvgIpc) is 2.66. The lowest BCUT2D eigenvalue weighted by molar-refractivity contribution is -0.120. The Morgan fingerprint density at radius 2 is 1.38 bits per heavy atom. The van der Waals surface area contributed by atoms with Crippen LogP contribution in [0.25, 0.3) is 0 Å². The fraction of sp³-hybridized carbons (Fsp3) is 0.808. The molecule has 0 bridgehead atoms. The van der Waals surface area contributed by atoms with Crippen molar-refractivity contribution in [2.75, 3.05) is 6.61 Å². The minimum atomic E-state index is -1.77. The fourth-order valence-electron chi connectivity index (χ4n) is 3.36. The van der Waals surface area contributed by atoms with Crippen LogP contribution in [0.15, 0.2) is 24.3 Å². The molecule has 6 heteroatoms. The Kier molecular flexibility index (Phi) is 17.4. The molecule has 0 saturated heterocycles. The van der Waals surface area contributed by atoms with Gasteiger partial charge in [0.15, 0.2) is 16.6 Å². The first kappa shape index (κ1) is 31.3. The number of allylic oxidation sites excluding steroid dienone is 3. The Balaban J connectivity index is 4.55. The predicted octanol–water partition coefficient (Wildman–Crippen LogP) is 7.60. The molecular weight excluding hydrogens is 430 g/mol. The number of rotatable bonds is 19. The maximum atomic E-state index is 11.8. The molecule has 0 radical (unpaired) electrons. The van der Waals surface area contributed by atoms with E-state index in [1.165, 1.54) is 51.4 Å². The van der Waals surface area contributed by atoms with Crippen molar-refractivity contribution in [3.05, 3.63) is 24.3 Å². The zero-order valence-corrected chi connectivity index (χ0v) is 24.5. The Labute approximate surface area is 201 Å². The number of hydrogen-bond donors (Lipinski definition) is 1. The molecule has 0 unspecified atom stereocenters. The van der Waals surface area contributed by atoms with Crippen molar-refractivity contribution in [2.24, 2.45) is 0 Å². The van der Waals surface area contributed by atoms with Gasteiger partial charge in [-0.15, -0.1) is 0 Å². The van der Waals surface area contributed by atoms with Gasteiger partial charge in [0, 0.05) is 6.92 Å². The second kappa shape index (κ2) is 17.7. The molecular formula is C26H53NO3Si2. The van der Waals surface area contributed by atoms with E-state index in [1.54, 1.807) is 6.92 Å². The Hall–Kier alpha value is -0.696. The lowest BCUT2D eigenvalue weighted by atomic mass is 10.1. The van der Waals surface area contributed by atoms with Gasteiger partial charge in [0.25, 0.3) is 0 Å². The number of unbranched alkanes of at least 4 members (excludes halogenated alkanes) is 8. The maximum Gasteiger partial charge on any atom is 0.217 e. The standard InChI is InChI=1S/C26H53NO3Si2/c1-9-10-11-12-13-14-15-16-17-18-19-20-21-22-26(30-32(6,7)8)25(27-24(2)28)23-29-31(3,4)5/h17-18,21-22,25-26H,9-16,19-20,23H2,1-8H3,(H,27,28)/b18-17+,22-21+/t25-,26-/m1/s1. The Morgan fingerprint density at radius 1 is 0.812 bits per heavy atom. The van der Waals surface area contributed by atoms with E-state index in [0.29, 0.717) is 6.61 Å². The van der Waals surface area contributed by atoms with Gasteiger partial charge in [-0.05, 0) is 65.0 Å². The van der Waals surface area contributed by atoms with Crippen LogP contribution >= 0.6 is 0 Å². The van der Waals surface area contributed by atoms with Gasteiger partial charge in [-0.1, -0.05) is 69.8 Å². The molecule has 0 heterocycles. The van der Waals surface area contributed by atoms with E-state index in [1.807, 2.05) is 0 Å². The van der Waals surface area contributed by atoms with E-state index in [0.717, 1.165) is 12.8 Å². The number of carbonyl (C=O) groups is 1. The summed E-state index contributed by atoms with van der Waals surface area (Å²) >= 11 is 0. The van der Waals surface area contributed by atoms with Crippen LogP contribution in [0, 0.1) is 0 Å². The molecule has 0 aliphatic rings. The van der Waals surface area contributed by atoms with Crippen molar-refractivity contribution in [1.82, 2.24) is 5.32 Å². The highest BCUT2D eigenvalue weighted by molar-refractivity contribution is 6.70. The lowest BCUT2D eigenvalue weighted by Crippen LogP contribution is -2.50. The van der Waals surface area contributed by atoms with Crippen molar-refractivity contribution in [1.29, 1.82) is 0 Å². The highest BCUT2D eigenvalue weighted by atomic mass is 28.4. The van der Waals surface area contributed by atoms with Crippen molar-refractivity contribution in [3.63, 3.8) is 0 Å². The SMILES string of the molecule is CCCCCCCCC/C=C/CC/C=C/[C@@H](O[Si](C)(C)C)[C@@H](CO[Si](C)(C)C)NC(C)=O. The average molecular weight is 484 g/mol. The number of hydrogen-bond acceptors (Lipinski definition) is 3. The van der Waals surface area contributed by atoms with Gasteiger partial charge in [-0.25, -0.2) is 0 Å². The number of amides is 1. The molecule has 0 fully saturated rings. The summed E-state index contributed by atoms with van der Waals surface area (Å²) in [4.78, 5) is 11.8. The second-order valence-electron chi connectivity index (χ2n) is 10.8. The Morgan fingerprint density at radius 3 is 1.94 bits per heavy atom. The normalized spacial score (nSPS) is 14.9. The molecule has 1 amide bonds. The zero-order valence-electron chi connectivity index (χ0n) is 22.5. The fourth-order valence-corrected chi connectivity index (χ4v) is 5.10. The van der Waals surface area contributed by atoms with E-state index in [9.17, 15) is 4.79 Å². The van der Waals surface area contributed by atoms with E-state index < -0.39 is 16.6 Å². The molecule has 2 atom stereocenters. The van der Waals surface area contributed by atoms with E-state index >= 15 is 0 Å². The third-order valence-electron chi connectivity index (χ3n) is 4.94. The molecule has 0 saturated carbocycles.